The molecule has 0 saturated heterocycles. The van der Waals surface area contributed by atoms with Crippen LogP contribution < -0.4 is 5.73 Å². The van der Waals surface area contributed by atoms with Crippen LogP contribution in [-0.2, 0) is 6.54 Å². The van der Waals surface area contributed by atoms with E-state index < -0.39 is 24.0 Å². The molecule has 1 saturated carbocycles. The Labute approximate surface area is 153 Å². The fraction of sp³-hybridized carbons (Fsp3) is 0.722. The summed E-state index contributed by atoms with van der Waals surface area (Å²) in [6.45, 7) is 9.53. The number of halogens is 2. The molecule has 6 nitrogen and oxygen atoms in total. The summed E-state index contributed by atoms with van der Waals surface area (Å²) in [5.74, 6) is -3.67. The summed E-state index contributed by atoms with van der Waals surface area (Å²) in [4.78, 5) is 21.5. The maximum atomic E-state index is 14.4. The normalized spacial score (nSPS) is 23.8. The van der Waals surface area contributed by atoms with Crippen LogP contribution in [0.5, 0.6) is 0 Å². The third-order valence-corrected chi connectivity index (χ3v) is 4.37. The number of fused-ring (bicyclic) bond motifs is 1. The molecule has 8 heteroatoms. The maximum Gasteiger partial charge on any atom is 0.270 e. The number of alkyl halides is 2. The van der Waals surface area contributed by atoms with Gasteiger partial charge >= 0.3 is 0 Å². The number of aliphatic hydroxyl groups is 1. The zero-order valence-corrected chi connectivity index (χ0v) is 16.2. The molecule has 26 heavy (non-hydrogen) atoms. The van der Waals surface area contributed by atoms with Crippen LogP contribution in [0.1, 0.15) is 75.1 Å². The van der Waals surface area contributed by atoms with Crippen molar-refractivity contribution in [1.82, 2.24) is 14.9 Å². The number of aromatic nitrogens is 2. The Bertz CT molecular complexity index is 625. The lowest BCUT2D eigenvalue weighted by Gasteiger charge is -2.35. The van der Waals surface area contributed by atoms with Gasteiger partial charge in [0.1, 0.15) is 6.04 Å². The second-order valence-corrected chi connectivity index (χ2v) is 5.94. The van der Waals surface area contributed by atoms with Crippen molar-refractivity contribution >= 4 is 11.9 Å². The van der Waals surface area contributed by atoms with E-state index in [1.54, 1.807) is 6.92 Å². The Balaban J connectivity index is 0.000000791. The van der Waals surface area contributed by atoms with E-state index in [9.17, 15) is 18.7 Å². The van der Waals surface area contributed by atoms with E-state index >= 15 is 0 Å². The molecule has 0 bridgehead atoms. The Kier molecular flexibility index (Phi) is 7.87. The van der Waals surface area contributed by atoms with Gasteiger partial charge in [-0.1, -0.05) is 34.1 Å². The van der Waals surface area contributed by atoms with Gasteiger partial charge in [-0.3, -0.25) is 4.79 Å². The van der Waals surface area contributed by atoms with Gasteiger partial charge in [-0.25, -0.2) is 18.7 Å². The van der Waals surface area contributed by atoms with E-state index in [2.05, 4.69) is 9.97 Å². The van der Waals surface area contributed by atoms with Crippen LogP contribution in [0, 0.1) is 6.92 Å². The van der Waals surface area contributed by atoms with Crippen molar-refractivity contribution in [2.75, 3.05) is 5.73 Å². The van der Waals surface area contributed by atoms with Crippen molar-refractivity contribution in [2.24, 2.45) is 0 Å². The van der Waals surface area contributed by atoms with Gasteiger partial charge in [0.05, 0.1) is 29.6 Å². The Morgan fingerprint density at radius 2 is 1.81 bits per heavy atom. The summed E-state index contributed by atoms with van der Waals surface area (Å²) >= 11 is 0. The van der Waals surface area contributed by atoms with Crippen LogP contribution in [0.3, 0.4) is 0 Å². The molecule has 3 rings (SSSR count). The average molecular weight is 372 g/mol. The predicted molar refractivity (Wildman–Crippen MR) is 97.0 cm³/mol. The van der Waals surface area contributed by atoms with Crippen LogP contribution in [0.2, 0.25) is 0 Å². The molecule has 2 heterocycles. The molecule has 0 aromatic carbocycles. The predicted octanol–water partition coefficient (Wildman–Crippen LogP) is 3.31. The van der Waals surface area contributed by atoms with Crippen LogP contribution in [0.4, 0.5) is 14.7 Å². The molecule has 1 aliphatic carbocycles. The van der Waals surface area contributed by atoms with Crippen molar-refractivity contribution in [3.05, 3.63) is 17.0 Å². The third kappa shape index (κ3) is 4.28. The molecule has 0 spiro atoms. The van der Waals surface area contributed by atoms with Gasteiger partial charge in [-0.05, 0) is 19.8 Å². The number of nitrogens with two attached hydrogens (primary N) is 1. The maximum absolute atomic E-state index is 14.4. The van der Waals surface area contributed by atoms with Gasteiger partial charge < -0.3 is 15.7 Å². The number of nitrogens with zero attached hydrogens (tertiary/aromatic N) is 3. The fourth-order valence-electron chi connectivity index (χ4n) is 3.39. The molecular formula is C18H30F2N4O2. The SMILES string of the molecule is CC.CC.Cc1nc(N)nc2c1C(=O)N(C1C(O)CCCCC1(F)F)C2. The number of aryl methyl sites for hydroxylation is 1. The van der Waals surface area contributed by atoms with Crippen molar-refractivity contribution in [3.8, 4) is 0 Å². The lowest BCUT2D eigenvalue weighted by Crippen LogP contribution is -2.54. The second-order valence-electron chi connectivity index (χ2n) is 5.94. The number of nitrogen functional groups attached to an aromatic ring is 1. The molecule has 2 atom stereocenters. The third-order valence-electron chi connectivity index (χ3n) is 4.37. The molecule has 1 aliphatic heterocycles. The highest BCUT2D eigenvalue weighted by Gasteiger charge is 2.52. The van der Waals surface area contributed by atoms with E-state index in [0.29, 0.717) is 24.2 Å². The zero-order valence-electron chi connectivity index (χ0n) is 16.2. The van der Waals surface area contributed by atoms with Crippen LogP contribution in [0.25, 0.3) is 0 Å². The van der Waals surface area contributed by atoms with Gasteiger partial charge in [0.2, 0.25) is 5.95 Å². The lowest BCUT2D eigenvalue weighted by atomic mass is 10.0. The van der Waals surface area contributed by atoms with Crippen LogP contribution in [0.15, 0.2) is 0 Å². The Morgan fingerprint density at radius 1 is 1.19 bits per heavy atom. The summed E-state index contributed by atoms with van der Waals surface area (Å²) in [6.07, 6.45) is -0.467. The molecule has 1 fully saturated rings. The summed E-state index contributed by atoms with van der Waals surface area (Å²) in [5, 5.41) is 10.1. The zero-order chi connectivity index (χ0) is 20.1. The number of anilines is 1. The van der Waals surface area contributed by atoms with Gasteiger partial charge in [0.25, 0.3) is 11.8 Å². The number of rotatable bonds is 1. The fourth-order valence-corrected chi connectivity index (χ4v) is 3.39. The quantitative estimate of drug-likeness (QED) is 0.738. The molecule has 1 amide bonds. The molecule has 148 valence electrons. The van der Waals surface area contributed by atoms with Crippen LogP contribution >= 0.6 is 0 Å². The molecular weight excluding hydrogens is 342 g/mol. The molecule has 3 N–H and O–H groups in total. The summed E-state index contributed by atoms with van der Waals surface area (Å²) in [5.41, 5.74) is 6.51. The van der Waals surface area contributed by atoms with E-state index in [-0.39, 0.29) is 30.9 Å². The number of amides is 1. The van der Waals surface area contributed by atoms with E-state index in [0.717, 1.165) is 4.90 Å². The van der Waals surface area contributed by atoms with E-state index in [1.165, 1.54) is 0 Å². The van der Waals surface area contributed by atoms with E-state index in [4.69, 9.17) is 5.73 Å². The second kappa shape index (κ2) is 9.21. The smallest absolute Gasteiger partial charge is 0.270 e. The summed E-state index contributed by atoms with van der Waals surface area (Å²) in [6, 6.07) is -1.53. The number of carbonyl (C=O) groups is 1. The topological polar surface area (TPSA) is 92.3 Å². The molecule has 1 aromatic heterocycles. The monoisotopic (exact) mass is 372 g/mol. The highest BCUT2D eigenvalue weighted by molar-refractivity contribution is 5.99. The van der Waals surface area contributed by atoms with Crippen molar-refractivity contribution in [3.63, 3.8) is 0 Å². The highest BCUT2D eigenvalue weighted by Crippen LogP contribution is 2.39. The van der Waals surface area contributed by atoms with E-state index in [1.807, 2.05) is 27.7 Å². The minimum absolute atomic E-state index is 0.0130. The first-order chi connectivity index (χ1) is 12.3. The first kappa shape index (κ1) is 22.2. The van der Waals surface area contributed by atoms with Gasteiger partial charge in [0, 0.05) is 6.42 Å². The summed E-state index contributed by atoms with van der Waals surface area (Å²) < 4.78 is 28.8. The highest BCUT2D eigenvalue weighted by atomic mass is 19.3. The van der Waals surface area contributed by atoms with Gasteiger partial charge in [-0.2, -0.15) is 0 Å². The Hall–Kier alpha value is -1.83. The molecule has 2 aliphatic rings. The van der Waals surface area contributed by atoms with Crippen LogP contribution in [-0.4, -0.2) is 43.9 Å². The van der Waals surface area contributed by atoms with Gasteiger partial charge in [0.15, 0.2) is 0 Å². The number of hydrogen-bond acceptors (Lipinski definition) is 5. The molecule has 2 unspecified atom stereocenters. The number of hydrogen-bond donors (Lipinski definition) is 2. The minimum atomic E-state index is -3.12. The van der Waals surface area contributed by atoms with Crippen molar-refractivity contribution < 1.29 is 18.7 Å². The molecule has 0 radical (unpaired) electrons. The Morgan fingerprint density at radius 3 is 2.42 bits per heavy atom. The van der Waals surface area contributed by atoms with Crippen molar-refractivity contribution in [2.45, 2.75) is 84.9 Å². The molecule has 1 aromatic rings. The first-order valence-electron chi connectivity index (χ1n) is 9.31. The summed E-state index contributed by atoms with van der Waals surface area (Å²) in [7, 11) is 0. The number of aliphatic hydroxyl groups excluding tert-OH is 1. The lowest BCUT2D eigenvalue weighted by molar-refractivity contribution is -0.112. The number of carbonyl (C=O) groups excluding carboxylic acids is 1. The van der Waals surface area contributed by atoms with Crippen molar-refractivity contribution in [1.29, 1.82) is 0 Å². The average Bonchev–Trinajstić information content (AvgIpc) is 2.84. The minimum Gasteiger partial charge on any atom is -0.391 e. The largest absolute Gasteiger partial charge is 0.391 e. The van der Waals surface area contributed by atoms with Gasteiger partial charge in [-0.15, -0.1) is 0 Å². The standard InChI is InChI=1S/C14H18F2N4O2.2C2H6/c1-7-10-8(19-13(17)18-7)6-20(12(10)22)11-9(21)4-2-3-5-14(11,15)16;2*1-2/h9,11,21H,2-6H2,1H3,(H2,17,18,19);2*1-2H3. The first-order valence-corrected chi connectivity index (χ1v) is 9.31.